The van der Waals surface area contributed by atoms with E-state index in [9.17, 15) is 37.8 Å². The molecule has 2 aromatic carbocycles. The number of amides is 2. The number of carbonyl (C=O) groups excluding carboxylic acids is 2. The molecule has 0 unspecified atom stereocenters. The van der Waals surface area contributed by atoms with Crippen LogP contribution in [0.4, 0.5) is 4.39 Å². The van der Waals surface area contributed by atoms with Crippen LogP contribution in [0.25, 0.3) is 0 Å². The summed E-state index contributed by atoms with van der Waals surface area (Å²) in [4.78, 5) is 28.7. The van der Waals surface area contributed by atoms with Gasteiger partial charge in [-0.05, 0) is 42.7 Å². The molecule has 0 radical (unpaired) electrons. The number of hydrogen-bond donors (Lipinski definition) is 4. The predicted octanol–water partition coefficient (Wildman–Crippen LogP) is 1.48. The van der Waals surface area contributed by atoms with Crippen molar-refractivity contribution in [2.75, 3.05) is 20.1 Å². The molecule has 0 bridgehead atoms. The Labute approximate surface area is 225 Å². The zero-order chi connectivity index (χ0) is 28.7. The van der Waals surface area contributed by atoms with Crippen LogP contribution >= 0.6 is 0 Å². The highest BCUT2D eigenvalue weighted by molar-refractivity contribution is 7.89. The Bertz CT molecular complexity index is 1420. The van der Waals surface area contributed by atoms with Gasteiger partial charge >= 0.3 is 0 Å². The van der Waals surface area contributed by atoms with Crippen molar-refractivity contribution >= 4 is 21.8 Å². The lowest BCUT2D eigenvalue weighted by Crippen LogP contribution is -2.52. The number of aliphatic hydroxyl groups excluding tert-OH is 1. The van der Waals surface area contributed by atoms with Gasteiger partial charge in [-0.15, -0.1) is 0 Å². The van der Waals surface area contributed by atoms with Crippen molar-refractivity contribution in [1.82, 2.24) is 19.7 Å². The van der Waals surface area contributed by atoms with Crippen LogP contribution in [-0.4, -0.2) is 82.3 Å². The van der Waals surface area contributed by atoms with Gasteiger partial charge in [-0.25, -0.2) is 17.9 Å². The maximum absolute atomic E-state index is 14.0. The molecule has 0 saturated carbocycles. The summed E-state index contributed by atoms with van der Waals surface area (Å²) in [5, 5.41) is 33.3. The van der Waals surface area contributed by atoms with E-state index in [0.717, 1.165) is 25.2 Å². The summed E-state index contributed by atoms with van der Waals surface area (Å²) >= 11 is 0. The number of aromatic hydroxyl groups is 1. The standard InChI is InChI=1S/C26H29FN4O7S/c1-17-8-9-19(27)13-24(17)39(37,38)31(16-25(34)30(2)36)15-23(33)21(12-18-6-4-3-5-7-18)29-26(35)22-14-20(32)10-11-28-22/h3-11,13-14,21,23,33,36H,12,15-16H2,1-2H3,(H,28,32)(H,29,35)/t21-,23+/m0/s1. The van der Waals surface area contributed by atoms with E-state index in [1.54, 1.807) is 30.3 Å². The fourth-order valence-corrected chi connectivity index (χ4v) is 5.41. The summed E-state index contributed by atoms with van der Waals surface area (Å²) in [6, 6.07) is 13.2. The van der Waals surface area contributed by atoms with E-state index in [1.165, 1.54) is 25.3 Å². The Morgan fingerprint density at radius 1 is 1.10 bits per heavy atom. The normalized spacial score (nSPS) is 13.1. The first-order valence-corrected chi connectivity index (χ1v) is 13.2. The lowest BCUT2D eigenvalue weighted by Gasteiger charge is -2.30. The molecule has 39 heavy (non-hydrogen) atoms. The van der Waals surface area contributed by atoms with E-state index in [-0.39, 0.29) is 28.5 Å². The number of carbonyl (C=O) groups is 2. The van der Waals surface area contributed by atoms with Crippen LogP contribution in [-0.2, 0) is 21.2 Å². The lowest BCUT2D eigenvalue weighted by atomic mass is 10.0. The maximum atomic E-state index is 14.0. The molecule has 0 fully saturated rings. The highest BCUT2D eigenvalue weighted by atomic mass is 32.2. The highest BCUT2D eigenvalue weighted by Gasteiger charge is 2.34. The first kappa shape index (κ1) is 29.6. The van der Waals surface area contributed by atoms with E-state index in [4.69, 9.17) is 0 Å². The van der Waals surface area contributed by atoms with Gasteiger partial charge in [0.05, 0.1) is 23.6 Å². The van der Waals surface area contributed by atoms with Gasteiger partial charge in [-0.1, -0.05) is 36.4 Å². The average molecular weight is 561 g/mol. The van der Waals surface area contributed by atoms with E-state index in [0.29, 0.717) is 9.87 Å². The molecule has 11 nitrogen and oxygen atoms in total. The molecule has 0 aliphatic heterocycles. The summed E-state index contributed by atoms with van der Waals surface area (Å²) in [6.07, 6.45) is -0.292. The van der Waals surface area contributed by atoms with E-state index < -0.39 is 57.8 Å². The van der Waals surface area contributed by atoms with Gasteiger partial charge in [-0.2, -0.15) is 4.31 Å². The molecule has 4 N–H and O–H groups in total. The average Bonchev–Trinajstić information content (AvgIpc) is 2.89. The Morgan fingerprint density at radius 2 is 1.79 bits per heavy atom. The number of pyridine rings is 1. The van der Waals surface area contributed by atoms with E-state index in [2.05, 4.69) is 10.3 Å². The number of halogens is 1. The van der Waals surface area contributed by atoms with Crippen LogP contribution in [0, 0.1) is 12.7 Å². The molecule has 0 aliphatic rings. The lowest BCUT2D eigenvalue weighted by molar-refractivity contribution is -0.159. The number of aromatic nitrogens is 1. The van der Waals surface area contributed by atoms with Crippen molar-refractivity contribution in [3.63, 3.8) is 0 Å². The molecule has 1 aromatic heterocycles. The van der Waals surface area contributed by atoms with Gasteiger partial charge in [0.1, 0.15) is 17.3 Å². The Kier molecular flexibility index (Phi) is 9.70. The van der Waals surface area contributed by atoms with E-state index >= 15 is 0 Å². The summed E-state index contributed by atoms with van der Waals surface area (Å²) < 4.78 is 41.7. The zero-order valence-electron chi connectivity index (χ0n) is 21.2. The van der Waals surface area contributed by atoms with Gasteiger partial charge in [-0.3, -0.25) is 19.8 Å². The topological polar surface area (TPSA) is 160 Å². The molecule has 3 rings (SSSR count). The molecular weight excluding hydrogens is 531 g/mol. The maximum Gasteiger partial charge on any atom is 0.270 e. The van der Waals surface area contributed by atoms with Crippen LogP contribution in [0.1, 0.15) is 21.6 Å². The van der Waals surface area contributed by atoms with Crippen molar-refractivity contribution < 1.29 is 37.8 Å². The monoisotopic (exact) mass is 560 g/mol. The third-order valence-corrected chi connectivity index (χ3v) is 7.84. The fraction of sp³-hybridized carbons (Fsp3) is 0.269. The minimum atomic E-state index is -4.55. The second-order valence-corrected chi connectivity index (χ2v) is 10.8. The summed E-state index contributed by atoms with van der Waals surface area (Å²) in [6.45, 7) is -0.118. The molecule has 0 saturated heterocycles. The van der Waals surface area contributed by atoms with Crippen LogP contribution in [0.5, 0.6) is 5.75 Å². The third kappa shape index (κ3) is 7.80. The van der Waals surface area contributed by atoms with Crippen molar-refractivity contribution in [2.24, 2.45) is 0 Å². The van der Waals surface area contributed by atoms with E-state index in [1.807, 2.05) is 0 Å². The zero-order valence-corrected chi connectivity index (χ0v) is 22.0. The van der Waals surface area contributed by atoms with Gasteiger partial charge in [0.2, 0.25) is 10.0 Å². The molecule has 2 amide bonds. The number of aryl methyl sites for hydroxylation is 1. The summed E-state index contributed by atoms with van der Waals surface area (Å²) in [5.41, 5.74) is 0.759. The molecule has 208 valence electrons. The predicted molar refractivity (Wildman–Crippen MR) is 138 cm³/mol. The minimum Gasteiger partial charge on any atom is -0.508 e. The number of sulfonamides is 1. The molecule has 0 aliphatic carbocycles. The molecule has 1 heterocycles. The first-order chi connectivity index (χ1) is 18.4. The number of likely N-dealkylation sites (N-methyl/N-ethyl adjacent to an activating group) is 1. The van der Waals surface area contributed by atoms with Gasteiger partial charge in [0.15, 0.2) is 0 Å². The SMILES string of the molecule is Cc1ccc(F)cc1S(=O)(=O)N(CC(=O)N(C)O)C[C@@H](O)[C@H](Cc1ccccc1)NC(=O)c1cc(O)ccn1. The Morgan fingerprint density at radius 3 is 2.44 bits per heavy atom. The van der Waals surface area contributed by atoms with Crippen molar-refractivity contribution in [1.29, 1.82) is 0 Å². The number of nitrogens with one attached hydrogen (secondary N) is 1. The van der Waals surface area contributed by atoms with Gasteiger partial charge < -0.3 is 15.5 Å². The Balaban J connectivity index is 1.96. The van der Waals surface area contributed by atoms with Gasteiger partial charge in [0.25, 0.3) is 11.8 Å². The van der Waals surface area contributed by atoms with Crippen LogP contribution in [0.2, 0.25) is 0 Å². The number of aliphatic hydroxyl groups is 1. The number of rotatable bonds is 11. The quantitative estimate of drug-likeness (QED) is 0.203. The summed E-state index contributed by atoms with van der Waals surface area (Å²) in [7, 11) is -3.54. The first-order valence-electron chi connectivity index (χ1n) is 11.8. The fourth-order valence-electron chi connectivity index (χ4n) is 3.76. The molecule has 3 aromatic rings. The van der Waals surface area contributed by atoms with Crippen LogP contribution in [0.3, 0.4) is 0 Å². The third-order valence-electron chi connectivity index (χ3n) is 5.89. The van der Waals surface area contributed by atoms with Crippen molar-refractivity contribution in [3.05, 3.63) is 89.5 Å². The van der Waals surface area contributed by atoms with Crippen LogP contribution < -0.4 is 5.32 Å². The van der Waals surface area contributed by atoms with Crippen molar-refractivity contribution in [3.8, 4) is 5.75 Å². The number of benzene rings is 2. The highest BCUT2D eigenvalue weighted by Crippen LogP contribution is 2.22. The largest absolute Gasteiger partial charge is 0.508 e. The molecule has 0 spiro atoms. The number of nitrogens with zero attached hydrogens (tertiary/aromatic N) is 3. The second-order valence-electron chi connectivity index (χ2n) is 8.86. The number of hydroxylamine groups is 2. The molecular formula is C26H29FN4O7S. The smallest absolute Gasteiger partial charge is 0.270 e. The molecule has 2 atom stereocenters. The van der Waals surface area contributed by atoms with Crippen molar-refractivity contribution in [2.45, 2.75) is 30.4 Å². The van der Waals surface area contributed by atoms with Crippen LogP contribution in [0.15, 0.2) is 71.8 Å². The Hall–Kier alpha value is -3.91. The summed E-state index contributed by atoms with van der Waals surface area (Å²) in [5.74, 6) is -2.78. The second kappa shape index (κ2) is 12.8. The minimum absolute atomic E-state index is 0.0628. The number of hydrogen-bond acceptors (Lipinski definition) is 8. The van der Waals surface area contributed by atoms with Gasteiger partial charge in [0, 0.05) is 25.9 Å². The molecule has 13 heteroatoms.